The van der Waals surface area contributed by atoms with Gasteiger partial charge in [0.2, 0.25) is 5.91 Å². The van der Waals surface area contributed by atoms with E-state index >= 15 is 0 Å². The molecule has 0 saturated carbocycles. The minimum absolute atomic E-state index is 0.0732. The lowest BCUT2D eigenvalue weighted by atomic mass is 9.87. The second-order valence-electron chi connectivity index (χ2n) is 9.60. The van der Waals surface area contributed by atoms with E-state index in [0.717, 1.165) is 43.2 Å². The number of rotatable bonds is 6. The molecule has 31 heavy (non-hydrogen) atoms. The number of amides is 1. The molecule has 2 fully saturated rings. The van der Waals surface area contributed by atoms with Crippen molar-refractivity contribution >= 4 is 17.7 Å². The maximum Gasteiger partial charge on any atom is 0.233 e. The fraction of sp³-hybridized carbons (Fsp3) is 0.500. The molecule has 0 aliphatic carbocycles. The summed E-state index contributed by atoms with van der Waals surface area (Å²) in [6.45, 7) is 10.7. The van der Waals surface area contributed by atoms with Crippen LogP contribution >= 0.6 is 11.8 Å². The average Bonchev–Trinajstić information content (AvgIpc) is 3.13. The lowest BCUT2D eigenvalue weighted by Gasteiger charge is -2.30. The van der Waals surface area contributed by atoms with Gasteiger partial charge in [0.25, 0.3) is 0 Å². The van der Waals surface area contributed by atoms with Crippen LogP contribution in [0.3, 0.4) is 0 Å². The second-order valence-corrected chi connectivity index (χ2v) is 10.7. The third-order valence-electron chi connectivity index (χ3n) is 6.17. The molecular weight excluding hydrogens is 404 g/mol. The number of carbonyl (C=O) groups excluding carboxylic acids is 1. The highest BCUT2D eigenvalue weighted by Gasteiger charge is 2.33. The van der Waals surface area contributed by atoms with Gasteiger partial charge in [0, 0.05) is 13.1 Å². The Hall–Kier alpha value is -1.98. The molecule has 0 aromatic heterocycles. The van der Waals surface area contributed by atoms with E-state index in [1.165, 1.54) is 24.8 Å². The number of likely N-dealkylation sites (tertiary alicyclic amines) is 1. The predicted octanol–water partition coefficient (Wildman–Crippen LogP) is 5.84. The van der Waals surface area contributed by atoms with Crippen LogP contribution in [0.1, 0.15) is 56.5 Å². The zero-order valence-electron chi connectivity index (χ0n) is 19.0. The molecule has 4 nitrogen and oxygen atoms in total. The first-order chi connectivity index (χ1) is 14.9. The van der Waals surface area contributed by atoms with Crippen molar-refractivity contribution < 1.29 is 9.53 Å². The predicted molar refractivity (Wildman–Crippen MR) is 129 cm³/mol. The molecule has 2 heterocycles. The molecule has 1 amide bonds. The summed E-state index contributed by atoms with van der Waals surface area (Å²) in [5, 5.41) is 0.0732. The van der Waals surface area contributed by atoms with Crippen LogP contribution in [0.2, 0.25) is 0 Å². The number of piperidine rings is 1. The standard InChI is InChI=1S/C26H34N2O2S/c1-26(2,3)21-10-12-22(13-11-21)30-23-9-7-8-20(18-23)25-28(24(29)19-31-25)17-16-27-14-5-4-6-15-27/h7-13,18,25H,4-6,14-17,19H2,1-3H3. The number of ether oxygens (including phenoxy) is 1. The maximum atomic E-state index is 12.6. The van der Waals surface area contributed by atoms with Gasteiger partial charge in [-0.1, -0.05) is 51.5 Å². The number of hydrogen-bond acceptors (Lipinski definition) is 4. The normalized spacial score (nSPS) is 20.3. The van der Waals surface area contributed by atoms with Gasteiger partial charge in [0.1, 0.15) is 16.9 Å². The molecule has 0 bridgehead atoms. The zero-order chi connectivity index (χ0) is 21.8. The van der Waals surface area contributed by atoms with Gasteiger partial charge >= 0.3 is 0 Å². The first-order valence-electron chi connectivity index (χ1n) is 11.4. The maximum absolute atomic E-state index is 12.6. The Morgan fingerprint density at radius 2 is 1.71 bits per heavy atom. The van der Waals surface area contributed by atoms with E-state index in [0.29, 0.717) is 5.75 Å². The van der Waals surface area contributed by atoms with Crippen molar-refractivity contribution in [3.05, 3.63) is 59.7 Å². The minimum atomic E-state index is 0.0732. The molecule has 0 spiro atoms. The van der Waals surface area contributed by atoms with Crippen molar-refractivity contribution in [2.24, 2.45) is 0 Å². The molecule has 4 rings (SSSR count). The Kier molecular flexibility index (Phi) is 6.92. The number of carbonyl (C=O) groups is 1. The van der Waals surface area contributed by atoms with Crippen molar-refractivity contribution in [3.63, 3.8) is 0 Å². The summed E-state index contributed by atoms with van der Waals surface area (Å²) >= 11 is 1.72. The smallest absolute Gasteiger partial charge is 0.233 e. The second kappa shape index (κ2) is 9.66. The van der Waals surface area contributed by atoms with Crippen LogP contribution in [-0.4, -0.2) is 47.6 Å². The van der Waals surface area contributed by atoms with E-state index in [-0.39, 0.29) is 16.7 Å². The number of benzene rings is 2. The zero-order valence-corrected chi connectivity index (χ0v) is 19.8. The summed E-state index contributed by atoms with van der Waals surface area (Å²) in [6, 6.07) is 16.5. The first kappa shape index (κ1) is 22.2. The Labute approximate surface area is 191 Å². The molecule has 2 aliphatic heterocycles. The molecular formula is C26H34N2O2S. The van der Waals surface area contributed by atoms with Crippen molar-refractivity contribution in [1.82, 2.24) is 9.80 Å². The fourth-order valence-electron chi connectivity index (χ4n) is 4.29. The molecule has 2 aromatic carbocycles. The summed E-state index contributed by atoms with van der Waals surface area (Å²) in [4.78, 5) is 17.1. The third-order valence-corrected chi connectivity index (χ3v) is 7.43. The van der Waals surface area contributed by atoms with E-state index in [1.54, 1.807) is 11.8 Å². The van der Waals surface area contributed by atoms with Crippen LogP contribution in [0.5, 0.6) is 11.5 Å². The molecule has 2 aromatic rings. The average molecular weight is 439 g/mol. The van der Waals surface area contributed by atoms with E-state index < -0.39 is 0 Å². The van der Waals surface area contributed by atoms with Crippen LogP contribution in [0.4, 0.5) is 0 Å². The van der Waals surface area contributed by atoms with Gasteiger partial charge in [0.05, 0.1) is 5.75 Å². The van der Waals surface area contributed by atoms with Gasteiger partial charge in [-0.25, -0.2) is 0 Å². The topological polar surface area (TPSA) is 32.8 Å². The van der Waals surface area contributed by atoms with Crippen LogP contribution < -0.4 is 4.74 Å². The highest BCUT2D eigenvalue weighted by molar-refractivity contribution is 8.00. The Morgan fingerprint density at radius 1 is 0.968 bits per heavy atom. The number of nitrogens with zero attached hydrogens (tertiary/aromatic N) is 2. The lowest BCUT2D eigenvalue weighted by Crippen LogP contribution is -2.39. The van der Waals surface area contributed by atoms with E-state index in [2.05, 4.69) is 54.8 Å². The molecule has 1 unspecified atom stereocenters. The molecule has 0 N–H and O–H groups in total. The highest BCUT2D eigenvalue weighted by atomic mass is 32.2. The van der Waals surface area contributed by atoms with E-state index in [4.69, 9.17) is 4.74 Å². The Bertz CT molecular complexity index is 885. The van der Waals surface area contributed by atoms with Crippen molar-refractivity contribution in [2.45, 2.75) is 50.8 Å². The quantitative estimate of drug-likeness (QED) is 0.567. The fourth-order valence-corrected chi connectivity index (χ4v) is 5.50. The van der Waals surface area contributed by atoms with Crippen LogP contribution in [0, 0.1) is 0 Å². The van der Waals surface area contributed by atoms with Crippen molar-refractivity contribution in [2.75, 3.05) is 31.9 Å². The van der Waals surface area contributed by atoms with Gasteiger partial charge in [-0.3, -0.25) is 4.79 Å². The van der Waals surface area contributed by atoms with Crippen molar-refractivity contribution in [1.29, 1.82) is 0 Å². The molecule has 2 saturated heterocycles. The van der Waals surface area contributed by atoms with Crippen LogP contribution in [-0.2, 0) is 10.2 Å². The van der Waals surface area contributed by atoms with Gasteiger partial charge in [-0.15, -0.1) is 11.8 Å². The minimum Gasteiger partial charge on any atom is -0.457 e. The van der Waals surface area contributed by atoms with Crippen LogP contribution in [0.25, 0.3) is 0 Å². The van der Waals surface area contributed by atoms with Gasteiger partial charge in [0.15, 0.2) is 0 Å². The summed E-state index contributed by atoms with van der Waals surface area (Å²) < 4.78 is 6.14. The number of hydrogen-bond donors (Lipinski definition) is 0. The summed E-state index contributed by atoms with van der Waals surface area (Å²) in [7, 11) is 0. The molecule has 166 valence electrons. The van der Waals surface area contributed by atoms with E-state index in [1.807, 2.05) is 24.3 Å². The van der Waals surface area contributed by atoms with Crippen molar-refractivity contribution in [3.8, 4) is 11.5 Å². The summed E-state index contributed by atoms with van der Waals surface area (Å²) in [6.07, 6.45) is 3.90. The molecule has 1 atom stereocenters. The molecule has 5 heteroatoms. The largest absolute Gasteiger partial charge is 0.457 e. The number of thioether (sulfide) groups is 1. The SMILES string of the molecule is CC(C)(C)c1ccc(Oc2cccc(C3SCC(=O)N3CCN3CCCCC3)c2)cc1. The Balaban J connectivity index is 1.43. The summed E-state index contributed by atoms with van der Waals surface area (Å²) in [5.41, 5.74) is 2.56. The highest BCUT2D eigenvalue weighted by Crippen LogP contribution is 2.40. The monoisotopic (exact) mass is 438 g/mol. The van der Waals surface area contributed by atoms with Gasteiger partial charge < -0.3 is 14.5 Å². The van der Waals surface area contributed by atoms with Gasteiger partial charge in [-0.05, 0) is 66.7 Å². The van der Waals surface area contributed by atoms with Crippen LogP contribution in [0.15, 0.2) is 48.5 Å². The lowest BCUT2D eigenvalue weighted by molar-refractivity contribution is -0.128. The van der Waals surface area contributed by atoms with Gasteiger partial charge in [-0.2, -0.15) is 0 Å². The van der Waals surface area contributed by atoms with E-state index in [9.17, 15) is 4.79 Å². The Morgan fingerprint density at radius 3 is 2.42 bits per heavy atom. The third kappa shape index (κ3) is 5.64. The molecule has 2 aliphatic rings. The summed E-state index contributed by atoms with van der Waals surface area (Å²) in [5.74, 6) is 2.46. The molecule has 0 radical (unpaired) electrons. The first-order valence-corrected chi connectivity index (χ1v) is 12.5.